The highest BCUT2D eigenvalue weighted by molar-refractivity contribution is 4.98. The fourth-order valence-electron chi connectivity index (χ4n) is 4.44. The zero-order valence-corrected chi connectivity index (χ0v) is 13.5. The molecule has 112 valence electrons. The van der Waals surface area contributed by atoms with Crippen LogP contribution >= 0.6 is 0 Å². The molecule has 0 spiro atoms. The monoisotopic (exact) mass is 266 g/mol. The van der Waals surface area contributed by atoms with Gasteiger partial charge in [0, 0.05) is 18.1 Å². The summed E-state index contributed by atoms with van der Waals surface area (Å²) in [4.78, 5) is 2.74. The maximum absolute atomic E-state index is 3.80. The molecule has 0 aliphatic heterocycles. The number of hydrogen-bond acceptors (Lipinski definition) is 2. The molecule has 1 N–H and O–H groups in total. The van der Waals surface area contributed by atoms with E-state index in [1.807, 2.05) is 0 Å². The van der Waals surface area contributed by atoms with Gasteiger partial charge in [0.15, 0.2) is 0 Å². The molecular weight excluding hydrogens is 232 g/mol. The summed E-state index contributed by atoms with van der Waals surface area (Å²) in [5, 5.41) is 3.80. The average Bonchev–Trinajstić information content (AvgIpc) is 2.41. The van der Waals surface area contributed by atoms with Gasteiger partial charge in [0.25, 0.3) is 0 Å². The van der Waals surface area contributed by atoms with Gasteiger partial charge in [-0.2, -0.15) is 0 Å². The molecule has 0 aromatic rings. The van der Waals surface area contributed by atoms with E-state index in [1.165, 1.54) is 51.4 Å². The molecule has 0 bridgehead atoms. The molecule has 2 saturated carbocycles. The van der Waals surface area contributed by atoms with Gasteiger partial charge < -0.3 is 5.32 Å². The van der Waals surface area contributed by atoms with Crippen molar-refractivity contribution in [1.29, 1.82) is 0 Å². The average molecular weight is 266 g/mol. The lowest BCUT2D eigenvalue weighted by Gasteiger charge is -2.50. The van der Waals surface area contributed by atoms with Crippen LogP contribution in [0.15, 0.2) is 0 Å². The molecule has 2 rings (SSSR count). The van der Waals surface area contributed by atoms with Crippen molar-refractivity contribution in [2.24, 2.45) is 5.41 Å². The molecule has 0 saturated heterocycles. The fourth-order valence-corrected chi connectivity index (χ4v) is 4.44. The summed E-state index contributed by atoms with van der Waals surface area (Å²) in [6.07, 6.45) is 11.3. The molecule has 2 aliphatic rings. The van der Waals surface area contributed by atoms with Gasteiger partial charge in [-0.1, -0.05) is 46.5 Å². The molecule has 2 unspecified atom stereocenters. The number of nitrogens with one attached hydrogen (secondary N) is 1. The van der Waals surface area contributed by atoms with E-state index in [-0.39, 0.29) is 0 Å². The second-order valence-corrected chi connectivity index (χ2v) is 7.44. The summed E-state index contributed by atoms with van der Waals surface area (Å²) in [5.74, 6) is 0. The normalized spacial score (nSPS) is 32.7. The molecule has 2 heteroatoms. The Balaban J connectivity index is 2.06. The molecule has 0 aromatic carbocycles. The van der Waals surface area contributed by atoms with E-state index in [0.29, 0.717) is 11.5 Å². The molecule has 2 nitrogen and oxygen atoms in total. The summed E-state index contributed by atoms with van der Waals surface area (Å²) in [7, 11) is 2.40. The number of hydrogen-bond donors (Lipinski definition) is 1. The zero-order chi connectivity index (χ0) is 13.9. The van der Waals surface area contributed by atoms with E-state index in [4.69, 9.17) is 0 Å². The third-order valence-corrected chi connectivity index (χ3v) is 5.65. The lowest BCUT2D eigenvalue weighted by atomic mass is 9.70. The summed E-state index contributed by atoms with van der Waals surface area (Å²) >= 11 is 0. The molecule has 2 fully saturated rings. The maximum Gasteiger partial charge on any atom is 0.0274 e. The van der Waals surface area contributed by atoms with Crippen LogP contribution in [0.25, 0.3) is 0 Å². The third-order valence-electron chi connectivity index (χ3n) is 5.65. The fraction of sp³-hybridized carbons (Fsp3) is 1.00. The maximum atomic E-state index is 3.80. The topological polar surface area (TPSA) is 15.3 Å². The van der Waals surface area contributed by atoms with Crippen LogP contribution in [0.3, 0.4) is 0 Å². The molecular formula is C17H34N2. The quantitative estimate of drug-likeness (QED) is 0.832. The first-order valence-electron chi connectivity index (χ1n) is 8.51. The Morgan fingerprint density at radius 3 is 2.37 bits per heavy atom. The predicted octanol–water partition coefficient (Wildman–Crippen LogP) is 3.81. The second-order valence-electron chi connectivity index (χ2n) is 7.44. The smallest absolute Gasteiger partial charge is 0.0274 e. The van der Waals surface area contributed by atoms with Crippen molar-refractivity contribution >= 4 is 0 Å². The first-order valence-corrected chi connectivity index (χ1v) is 8.51. The Morgan fingerprint density at radius 1 is 1.05 bits per heavy atom. The highest BCUT2D eigenvalue weighted by atomic mass is 15.2. The van der Waals surface area contributed by atoms with Crippen LogP contribution in [0.5, 0.6) is 0 Å². The predicted molar refractivity (Wildman–Crippen MR) is 83.5 cm³/mol. The minimum absolute atomic E-state index is 0.446. The van der Waals surface area contributed by atoms with Crippen LogP contribution in [0.4, 0.5) is 0 Å². The van der Waals surface area contributed by atoms with Gasteiger partial charge in [0.2, 0.25) is 0 Å². The Kier molecular flexibility index (Phi) is 5.30. The van der Waals surface area contributed by atoms with Gasteiger partial charge in [0.1, 0.15) is 0 Å². The highest BCUT2D eigenvalue weighted by Crippen LogP contribution is 2.39. The van der Waals surface area contributed by atoms with Crippen LogP contribution in [-0.4, -0.2) is 36.6 Å². The van der Waals surface area contributed by atoms with Crippen LogP contribution in [0.2, 0.25) is 0 Å². The van der Waals surface area contributed by atoms with Gasteiger partial charge in [0.05, 0.1) is 0 Å². The van der Waals surface area contributed by atoms with Crippen molar-refractivity contribution in [3.05, 3.63) is 0 Å². The van der Waals surface area contributed by atoms with E-state index >= 15 is 0 Å². The van der Waals surface area contributed by atoms with Crippen molar-refractivity contribution in [3.8, 4) is 0 Å². The van der Waals surface area contributed by atoms with E-state index in [0.717, 1.165) is 18.6 Å². The Labute approximate surface area is 120 Å². The minimum Gasteiger partial charge on any atom is -0.312 e. The van der Waals surface area contributed by atoms with Crippen LogP contribution in [0.1, 0.15) is 72.1 Å². The summed E-state index contributed by atoms with van der Waals surface area (Å²) in [6.45, 7) is 8.27. The Hall–Kier alpha value is -0.0800. The standard InChI is InChI=1S/C17H34N2/c1-5-18-16-15(12-9-13-17(16,2)3)19(4)14-10-7-6-8-11-14/h14-16,18H,5-13H2,1-4H3. The highest BCUT2D eigenvalue weighted by Gasteiger charge is 2.41. The second kappa shape index (κ2) is 6.58. The number of rotatable bonds is 4. The van der Waals surface area contributed by atoms with Crippen LogP contribution in [-0.2, 0) is 0 Å². The molecule has 2 aliphatic carbocycles. The summed E-state index contributed by atoms with van der Waals surface area (Å²) in [5.41, 5.74) is 0.446. The molecule has 0 radical (unpaired) electrons. The van der Waals surface area contributed by atoms with Gasteiger partial charge in [-0.25, -0.2) is 0 Å². The molecule has 19 heavy (non-hydrogen) atoms. The van der Waals surface area contributed by atoms with Crippen LogP contribution in [0, 0.1) is 5.41 Å². The molecule has 0 aromatic heterocycles. The zero-order valence-electron chi connectivity index (χ0n) is 13.5. The van der Waals surface area contributed by atoms with Gasteiger partial charge >= 0.3 is 0 Å². The van der Waals surface area contributed by atoms with Gasteiger partial charge in [-0.05, 0) is 44.7 Å². The van der Waals surface area contributed by atoms with E-state index in [2.05, 4.69) is 38.0 Å². The first-order chi connectivity index (χ1) is 9.06. The Bertz CT molecular complexity index is 268. The van der Waals surface area contributed by atoms with Crippen molar-refractivity contribution < 1.29 is 0 Å². The first kappa shape index (κ1) is 15.3. The summed E-state index contributed by atoms with van der Waals surface area (Å²) in [6, 6.07) is 2.25. The lowest BCUT2D eigenvalue weighted by molar-refractivity contribution is 0.0306. The largest absolute Gasteiger partial charge is 0.312 e. The van der Waals surface area contributed by atoms with E-state index in [1.54, 1.807) is 0 Å². The van der Waals surface area contributed by atoms with Crippen LogP contribution < -0.4 is 5.32 Å². The van der Waals surface area contributed by atoms with E-state index < -0.39 is 0 Å². The minimum atomic E-state index is 0.446. The number of nitrogens with zero attached hydrogens (tertiary/aromatic N) is 1. The van der Waals surface area contributed by atoms with E-state index in [9.17, 15) is 0 Å². The Morgan fingerprint density at radius 2 is 1.74 bits per heavy atom. The van der Waals surface area contributed by atoms with Gasteiger partial charge in [-0.15, -0.1) is 0 Å². The SMILES string of the molecule is CCNC1C(N(C)C2CCCCC2)CCCC1(C)C. The number of likely N-dealkylation sites (N-methyl/N-ethyl adjacent to an activating group) is 2. The van der Waals surface area contributed by atoms with Gasteiger partial charge in [-0.3, -0.25) is 4.90 Å². The van der Waals surface area contributed by atoms with Crippen molar-refractivity contribution in [2.45, 2.75) is 90.3 Å². The third kappa shape index (κ3) is 3.52. The molecule has 0 heterocycles. The van der Waals surface area contributed by atoms with Crippen molar-refractivity contribution in [2.75, 3.05) is 13.6 Å². The van der Waals surface area contributed by atoms with Crippen molar-refractivity contribution in [3.63, 3.8) is 0 Å². The molecule has 2 atom stereocenters. The lowest BCUT2D eigenvalue weighted by Crippen LogP contribution is -2.60. The van der Waals surface area contributed by atoms with Crippen molar-refractivity contribution in [1.82, 2.24) is 10.2 Å². The molecule has 0 amide bonds. The summed E-state index contributed by atoms with van der Waals surface area (Å²) < 4.78 is 0.